The van der Waals surface area contributed by atoms with Gasteiger partial charge in [-0.15, -0.1) is 0 Å². The van der Waals surface area contributed by atoms with Crippen molar-refractivity contribution in [3.05, 3.63) is 101 Å². The number of hydrogen-bond acceptors (Lipinski definition) is 2. The van der Waals surface area contributed by atoms with E-state index in [0.29, 0.717) is 22.8 Å². The van der Waals surface area contributed by atoms with Gasteiger partial charge < -0.3 is 10.0 Å². The largest absolute Gasteiger partial charge is 0.375 e. The summed E-state index contributed by atoms with van der Waals surface area (Å²) in [5.74, 6) is -0.317. The summed E-state index contributed by atoms with van der Waals surface area (Å²) in [6, 6.07) is 24.6. The molecule has 0 saturated heterocycles. The minimum absolute atomic E-state index is 0.214. The maximum Gasteiger partial charge on any atom is 0.264 e. The van der Waals surface area contributed by atoms with E-state index in [1.54, 1.807) is 17.0 Å². The average molecular weight is 364 g/mol. The first-order chi connectivity index (χ1) is 12.6. The van der Waals surface area contributed by atoms with E-state index in [1.165, 1.54) is 0 Å². The molecule has 0 aromatic heterocycles. The fourth-order valence-corrected chi connectivity index (χ4v) is 3.68. The minimum Gasteiger partial charge on any atom is -0.375 e. The molecule has 1 aliphatic rings. The van der Waals surface area contributed by atoms with Crippen LogP contribution in [0.1, 0.15) is 16.7 Å². The summed E-state index contributed by atoms with van der Waals surface area (Å²) in [5, 5.41) is 11.9. The minimum atomic E-state index is -1.61. The highest BCUT2D eigenvalue weighted by Gasteiger charge is 2.49. The number of nitrogens with zero attached hydrogens (tertiary/aromatic N) is 1. The van der Waals surface area contributed by atoms with Crippen molar-refractivity contribution in [2.24, 2.45) is 0 Å². The molecule has 0 fully saturated rings. The predicted molar refractivity (Wildman–Crippen MR) is 103 cm³/mol. The third-order valence-corrected chi connectivity index (χ3v) is 5.02. The summed E-state index contributed by atoms with van der Waals surface area (Å²) in [7, 11) is 0. The number of hydrogen-bond donors (Lipinski definition) is 1. The maximum absolute atomic E-state index is 13.2. The van der Waals surface area contributed by atoms with Gasteiger partial charge in [-0.25, -0.2) is 0 Å². The molecule has 3 aromatic carbocycles. The number of aliphatic hydroxyl groups is 1. The van der Waals surface area contributed by atoms with E-state index in [1.807, 2.05) is 66.7 Å². The van der Waals surface area contributed by atoms with Gasteiger partial charge in [-0.3, -0.25) is 4.79 Å². The molecule has 130 valence electrons. The molecule has 1 heterocycles. The first-order valence-corrected chi connectivity index (χ1v) is 8.88. The van der Waals surface area contributed by atoms with Crippen LogP contribution in [0.5, 0.6) is 0 Å². The van der Waals surface area contributed by atoms with Crippen molar-refractivity contribution in [3.8, 4) is 0 Å². The molecule has 4 rings (SSSR count). The standard InChI is InChI=1S/C22H18ClNO2/c23-18-11-12-20-19(13-18)22(26,14-16-7-3-1-4-8-16)21(25)24(20)15-17-9-5-2-6-10-17/h1-13,26H,14-15H2. The second-order valence-corrected chi connectivity index (χ2v) is 7.00. The van der Waals surface area contributed by atoms with Crippen LogP contribution < -0.4 is 4.90 Å². The molecule has 1 N–H and O–H groups in total. The quantitative estimate of drug-likeness (QED) is 0.750. The Morgan fingerprint density at radius 1 is 0.885 bits per heavy atom. The summed E-state index contributed by atoms with van der Waals surface area (Å²) in [6.45, 7) is 0.408. The van der Waals surface area contributed by atoms with Gasteiger partial charge in [0.05, 0.1) is 12.2 Å². The van der Waals surface area contributed by atoms with Crippen molar-refractivity contribution < 1.29 is 9.90 Å². The number of benzene rings is 3. The van der Waals surface area contributed by atoms with Gasteiger partial charge in [-0.2, -0.15) is 0 Å². The van der Waals surface area contributed by atoms with Crippen molar-refractivity contribution in [3.63, 3.8) is 0 Å². The van der Waals surface area contributed by atoms with E-state index in [0.717, 1.165) is 11.1 Å². The molecule has 4 heteroatoms. The first-order valence-electron chi connectivity index (χ1n) is 8.50. The second kappa shape index (κ2) is 6.60. The van der Waals surface area contributed by atoms with Crippen LogP contribution in [-0.4, -0.2) is 11.0 Å². The number of halogens is 1. The zero-order valence-corrected chi connectivity index (χ0v) is 14.9. The summed E-state index contributed by atoms with van der Waals surface area (Å²) >= 11 is 6.17. The van der Waals surface area contributed by atoms with Crippen molar-refractivity contribution in [2.75, 3.05) is 4.90 Å². The molecular formula is C22H18ClNO2. The molecule has 1 amide bonds. The summed E-state index contributed by atoms with van der Waals surface area (Å²) < 4.78 is 0. The summed E-state index contributed by atoms with van der Waals surface area (Å²) in [6.07, 6.45) is 0.214. The Balaban J connectivity index is 1.76. The smallest absolute Gasteiger partial charge is 0.264 e. The van der Waals surface area contributed by atoms with Crippen molar-refractivity contribution in [2.45, 2.75) is 18.6 Å². The second-order valence-electron chi connectivity index (χ2n) is 6.56. The third-order valence-electron chi connectivity index (χ3n) is 4.78. The fourth-order valence-electron chi connectivity index (χ4n) is 3.51. The Kier molecular flexibility index (Phi) is 4.27. The third kappa shape index (κ3) is 2.90. The highest BCUT2D eigenvalue weighted by atomic mass is 35.5. The van der Waals surface area contributed by atoms with Crippen LogP contribution in [-0.2, 0) is 23.4 Å². The van der Waals surface area contributed by atoms with E-state index in [9.17, 15) is 9.90 Å². The summed E-state index contributed by atoms with van der Waals surface area (Å²) in [5.41, 5.74) is 1.56. The van der Waals surface area contributed by atoms with Crippen LogP contribution in [0, 0.1) is 0 Å². The Morgan fingerprint density at radius 3 is 2.15 bits per heavy atom. The predicted octanol–water partition coefficient (Wildman–Crippen LogP) is 4.32. The molecule has 3 aromatic rings. The van der Waals surface area contributed by atoms with Crippen LogP contribution in [0.25, 0.3) is 0 Å². The van der Waals surface area contributed by atoms with Crippen molar-refractivity contribution >= 4 is 23.2 Å². The van der Waals surface area contributed by atoms with E-state index < -0.39 is 5.60 Å². The van der Waals surface area contributed by atoms with Gasteiger partial charge in [-0.05, 0) is 29.3 Å². The van der Waals surface area contributed by atoms with Crippen LogP contribution >= 0.6 is 11.6 Å². The molecule has 1 aliphatic heterocycles. The highest BCUT2D eigenvalue weighted by Crippen LogP contribution is 2.44. The van der Waals surface area contributed by atoms with Crippen LogP contribution in [0.4, 0.5) is 5.69 Å². The Labute approximate surface area is 157 Å². The van der Waals surface area contributed by atoms with Crippen molar-refractivity contribution in [1.29, 1.82) is 0 Å². The Morgan fingerprint density at radius 2 is 1.50 bits per heavy atom. The normalized spacial score (nSPS) is 18.8. The number of carbonyl (C=O) groups excluding carboxylic acids is 1. The van der Waals surface area contributed by atoms with Gasteiger partial charge in [0.25, 0.3) is 5.91 Å². The lowest BCUT2D eigenvalue weighted by Gasteiger charge is -2.23. The van der Waals surface area contributed by atoms with Gasteiger partial charge in [-0.1, -0.05) is 72.3 Å². The number of anilines is 1. The molecule has 0 aliphatic carbocycles. The van der Waals surface area contributed by atoms with Crippen LogP contribution in [0.15, 0.2) is 78.9 Å². The molecule has 1 unspecified atom stereocenters. The Hall–Kier alpha value is -2.62. The zero-order chi connectivity index (χ0) is 18.1. The fraction of sp³-hybridized carbons (Fsp3) is 0.136. The lowest BCUT2D eigenvalue weighted by atomic mass is 9.88. The molecule has 0 bridgehead atoms. The van der Waals surface area contributed by atoms with Crippen LogP contribution in [0.2, 0.25) is 5.02 Å². The lowest BCUT2D eigenvalue weighted by Crippen LogP contribution is -2.41. The van der Waals surface area contributed by atoms with E-state index in [2.05, 4.69) is 0 Å². The molecule has 3 nitrogen and oxygen atoms in total. The van der Waals surface area contributed by atoms with E-state index in [-0.39, 0.29) is 12.3 Å². The monoisotopic (exact) mass is 363 g/mol. The van der Waals surface area contributed by atoms with Crippen molar-refractivity contribution in [1.82, 2.24) is 0 Å². The zero-order valence-electron chi connectivity index (χ0n) is 14.1. The average Bonchev–Trinajstić information content (AvgIpc) is 2.85. The molecule has 26 heavy (non-hydrogen) atoms. The molecule has 0 saturated carbocycles. The number of amides is 1. The van der Waals surface area contributed by atoms with Gasteiger partial charge in [0.2, 0.25) is 0 Å². The van der Waals surface area contributed by atoms with E-state index >= 15 is 0 Å². The first kappa shape index (κ1) is 16.8. The van der Waals surface area contributed by atoms with Gasteiger partial charge in [0.1, 0.15) is 0 Å². The molecular weight excluding hydrogens is 346 g/mol. The topological polar surface area (TPSA) is 40.5 Å². The van der Waals surface area contributed by atoms with Gasteiger partial charge in [0.15, 0.2) is 5.60 Å². The SMILES string of the molecule is O=C1N(Cc2ccccc2)c2ccc(Cl)cc2C1(O)Cc1ccccc1. The number of carbonyl (C=O) groups is 1. The lowest BCUT2D eigenvalue weighted by molar-refractivity contribution is -0.136. The van der Waals surface area contributed by atoms with Crippen LogP contribution in [0.3, 0.4) is 0 Å². The highest BCUT2D eigenvalue weighted by molar-refractivity contribution is 6.31. The van der Waals surface area contributed by atoms with E-state index in [4.69, 9.17) is 11.6 Å². The Bertz CT molecular complexity index is 943. The molecule has 0 radical (unpaired) electrons. The maximum atomic E-state index is 13.2. The summed E-state index contributed by atoms with van der Waals surface area (Å²) in [4.78, 5) is 14.9. The molecule has 0 spiro atoms. The van der Waals surface area contributed by atoms with Gasteiger partial charge >= 0.3 is 0 Å². The number of fused-ring (bicyclic) bond motifs is 1. The number of rotatable bonds is 4. The van der Waals surface area contributed by atoms with Gasteiger partial charge in [0, 0.05) is 17.0 Å². The molecule has 1 atom stereocenters.